The minimum atomic E-state index is -1.32. The number of furan rings is 1. The summed E-state index contributed by atoms with van der Waals surface area (Å²) < 4.78 is 10.8. The van der Waals surface area contributed by atoms with Crippen LogP contribution in [0.2, 0.25) is 0 Å². The van der Waals surface area contributed by atoms with Crippen molar-refractivity contribution in [3.63, 3.8) is 0 Å². The predicted molar refractivity (Wildman–Crippen MR) is 93.0 cm³/mol. The number of nitrogens with zero attached hydrogens (tertiary/aromatic N) is 1. The lowest BCUT2D eigenvalue weighted by atomic mass is 9.99. The van der Waals surface area contributed by atoms with E-state index in [1.807, 2.05) is 6.92 Å². The van der Waals surface area contributed by atoms with Crippen LogP contribution in [0.4, 0.5) is 4.79 Å². The minimum Gasteiger partial charge on any atom is -0.494 e. The zero-order chi connectivity index (χ0) is 18.9. The Labute approximate surface area is 150 Å². The molecule has 2 aromatic rings. The molecule has 7 heteroatoms. The second-order valence-corrected chi connectivity index (χ2v) is 6.24. The van der Waals surface area contributed by atoms with Gasteiger partial charge in [-0.25, -0.2) is 4.79 Å². The highest BCUT2D eigenvalue weighted by molar-refractivity contribution is 6.11. The number of rotatable bonds is 6. The average Bonchev–Trinajstić information content (AvgIpc) is 3.14. The second kappa shape index (κ2) is 6.67. The fourth-order valence-electron chi connectivity index (χ4n) is 2.85. The van der Waals surface area contributed by atoms with E-state index >= 15 is 0 Å². The number of urea groups is 1. The fourth-order valence-corrected chi connectivity index (χ4v) is 2.85. The van der Waals surface area contributed by atoms with Gasteiger partial charge in [-0.3, -0.25) is 14.5 Å². The molecule has 136 valence electrons. The van der Waals surface area contributed by atoms with Crippen LogP contribution in [0.25, 0.3) is 0 Å². The summed E-state index contributed by atoms with van der Waals surface area (Å²) in [5, 5.41) is 2.61. The zero-order valence-electron chi connectivity index (χ0n) is 14.9. The number of carbonyl (C=O) groups is 3. The highest BCUT2D eigenvalue weighted by atomic mass is 16.5. The number of benzene rings is 1. The van der Waals surface area contributed by atoms with Gasteiger partial charge >= 0.3 is 6.03 Å². The number of amides is 3. The van der Waals surface area contributed by atoms with E-state index in [0.29, 0.717) is 29.4 Å². The van der Waals surface area contributed by atoms with Crippen molar-refractivity contribution >= 4 is 17.7 Å². The van der Waals surface area contributed by atoms with Gasteiger partial charge in [0.2, 0.25) is 0 Å². The Kier molecular flexibility index (Phi) is 4.54. The van der Waals surface area contributed by atoms with Gasteiger partial charge in [-0.05, 0) is 57.2 Å². The van der Waals surface area contributed by atoms with Gasteiger partial charge in [0.25, 0.3) is 5.91 Å². The maximum Gasteiger partial charge on any atom is 0.325 e. The molecule has 1 atom stereocenters. The molecule has 3 rings (SSSR count). The third-order valence-electron chi connectivity index (χ3n) is 4.30. The Balaban J connectivity index is 1.76. The van der Waals surface area contributed by atoms with E-state index in [1.165, 1.54) is 0 Å². The molecule has 1 fully saturated rings. The van der Waals surface area contributed by atoms with Crippen molar-refractivity contribution in [3.05, 3.63) is 53.5 Å². The van der Waals surface area contributed by atoms with Crippen LogP contribution in [-0.2, 0) is 10.3 Å². The van der Waals surface area contributed by atoms with E-state index in [9.17, 15) is 14.4 Å². The lowest BCUT2D eigenvalue weighted by Gasteiger charge is -2.19. The molecule has 0 bridgehead atoms. The molecule has 1 unspecified atom stereocenters. The van der Waals surface area contributed by atoms with Crippen molar-refractivity contribution in [1.82, 2.24) is 10.2 Å². The number of aryl methyl sites for hydroxylation is 1. The predicted octanol–water partition coefficient (Wildman–Crippen LogP) is 2.64. The molecule has 0 radical (unpaired) electrons. The highest BCUT2D eigenvalue weighted by Crippen LogP contribution is 2.30. The molecule has 1 aromatic heterocycles. The molecule has 0 saturated carbocycles. The van der Waals surface area contributed by atoms with Crippen LogP contribution in [0.1, 0.15) is 35.7 Å². The highest BCUT2D eigenvalue weighted by Gasteiger charge is 2.51. The Hall–Kier alpha value is -3.09. The van der Waals surface area contributed by atoms with Crippen molar-refractivity contribution in [2.75, 3.05) is 13.2 Å². The summed E-state index contributed by atoms with van der Waals surface area (Å²) in [5.74, 6) is 0.768. The van der Waals surface area contributed by atoms with Crippen LogP contribution in [0, 0.1) is 6.92 Å². The molecule has 0 spiro atoms. The molecule has 1 aliphatic rings. The molecule has 3 amide bonds. The molecule has 2 heterocycles. The molecular weight excluding hydrogens is 336 g/mol. The summed E-state index contributed by atoms with van der Waals surface area (Å²) in [5.41, 5.74) is -0.915. The summed E-state index contributed by atoms with van der Waals surface area (Å²) in [6.45, 7) is 5.37. The summed E-state index contributed by atoms with van der Waals surface area (Å²) in [4.78, 5) is 38.4. The molecule has 7 nitrogen and oxygen atoms in total. The normalized spacial score (nSPS) is 19.6. The number of ketones is 1. The Morgan fingerprint density at radius 2 is 1.88 bits per heavy atom. The minimum absolute atomic E-state index is 0.337. The van der Waals surface area contributed by atoms with E-state index in [-0.39, 0.29) is 12.3 Å². The SMILES string of the molecule is CCOc1ccc(C(=O)CN2C(=O)NC(C)(c3ccc(C)o3)C2=O)cc1. The van der Waals surface area contributed by atoms with Gasteiger partial charge in [-0.1, -0.05) is 0 Å². The van der Waals surface area contributed by atoms with Gasteiger partial charge < -0.3 is 14.5 Å². The van der Waals surface area contributed by atoms with Gasteiger partial charge in [0, 0.05) is 5.56 Å². The van der Waals surface area contributed by atoms with E-state index in [4.69, 9.17) is 9.15 Å². The quantitative estimate of drug-likeness (QED) is 0.635. The van der Waals surface area contributed by atoms with Crippen molar-refractivity contribution in [2.45, 2.75) is 26.3 Å². The van der Waals surface area contributed by atoms with E-state index in [1.54, 1.807) is 50.2 Å². The number of ether oxygens (including phenoxy) is 1. The Bertz CT molecular complexity index is 855. The number of nitrogens with one attached hydrogen (secondary N) is 1. The molecule has 26 heavy (non-hydrogen) atoms. The molecule has 1 N–H and O–H groups in total. The zero-order valence-corrected chi connectivity index (χ0v) is 14.9. The topological polar surface area (TPSA) is 88.8 Å². The lowest BCUT2D eigenvalue weighted by Crippen LogP contribution is -2.41. The third-order valence-corrected chi connectivity index (χ3v) is 4.30. The Morgan fingerprint density at radius 3 is 2.46 bits per heavy atom. The van der Waals surface area contributed by atoms with Crippen LogP contribution >= 0.6 is 0 Å². The maximum atomic E-state index is 12.8. The maximum absolute atomic E-state index is 12.8. The van der Waals surface area contributed by atoms with Crippen LogP contribution in [-0.4, -0.2) is 35.8 Å². The molecule has 1 aromatic carbocycles. The van der Waals surface area contributed by atoms with Gasteiger partial charge in [0.15, 0.2) is 11.3 Å². The molecular formula is C19H20N2O5. The van der Waals surface area contributed by atoms with E-state index < -0.39 is 17.5 Å². The van der Waals surface area contributed by atoms with Crippen LogP contribution in [0.15, 0.2) is 40.8 Å². The van der Waals surface area contributed by atoms with Gasteiger partial charge in [-0.2, -0.15) is 0 Å². The molecule has 1 aliphatic heterocycles. The Morgan fingerprint density at radius 1 is 1.19 bits per heavy atom. The van der Waals surface area contributed by atoms with Gasteiger partial charge in [-0.15, -0.1) is 0 Å². The van der Waals surface area contributed by atoms with Crippen molar-refractivity contribution in [3.8, 4) is 5.75 Å². The first-order valence-electron chi connectivity index (χ1n) is 8.32. The second-order valence-electron chi connectivity index (χ2n) is 6.24. The first-order valence-corrected chi connectivity index (χ1v) is 8.32. The number of Topliss-reactive ketones (excluding diaryl/α,β-unsaturated/α-hetero) is 1. The lowest BCUT2D eigenvalue weighted by molar-refractivity contribution is -0.131. The summed E-state index contributed by atoms with van der Waals surface area (Å²) >= 11 is 0. The summed E-state index contributed by atoms with van der Waals surface area (Å²) in [6, 6.07) is 9.32. The van der Waals surface area contributed by atoms with Crippen LogP contribution in [0.5, 0.6) is 5.75 Å². The molecule has 0 aliphatic carbocycles. The van der Waals surface area contributed by atoms with Crippen LogP contribution < -0.4 is 10.1 Å². The van der Waals surface area contributed by atoms with E-state index in [2.05, 4.69) is 5.32 Å². The number of hydrogen-bond donors (Lipinski definition) is 1. The fraction of sp³-hybridized carbons (Fsp3) is 0.316. The van der Waals surface area contributed by atoms with Gasteiger partial charge in [0.05, 0.1) is 13.2 Å². The average molecular weight is 356 g/mol. The number of hydrogen-bond acceptors (Lipinski definition) is 5. The first kappa shape index (κ1) is 17.7. The standard InChI is InChI=1S/C19H20N2O5/c1-4-25-14-8-6-13(7-9-14)15(22)11-21-17(23)19(3,20-18(21)24)16-10-5-12(2)26-16/h5-10H,4,11H2,1-3H3,(H,20,24). The van der Waals surface area contributed by atoms with Crippen molar-refractivity contribution < 1.29 is 23.5 Å². The molecule has 1 saturated heterocycles. The summed E-state index contributed by atoms with van der Waals surface area (Å²) in [6.07, 6.45) is 0. The largest absolute Gasteiger partial charge is 0.494 e. The first-order chi connectivity index (χ1) is 12.3. The smallest absolute Gasteiger partial charge is 0.325 e. The third kappa shape index (κ3) is 3.08. The van der Waals surface area contributed by atoms with Crippen molar-refractivity contribution in [2.24, 2.45) is 0 Å². The van der Waals surface area contributed by atoms with E-state index in [0.717, 1.165) is 4.90 Å². The van der Waals surface area contributed by atoms with Crippen LogP contribution in [0.3, 0.4) is 0 Å². The monoisotopic (exact) mass is 356 g/mol. The number of carbonyl (C=O) groups excluding carboxylic acids is 3. The van der Waals surface area contributed by atoms with Gasteiger partial charge in [0.1, 0.15) is 17.3 Å². The summed E-state index contributed by atoms with van der Waals surface area (Å²) in [7, 11) is 0. The number of imide groups is 1. The van der Waals surface area contributed by atoms with Crippen molar-refractivity contribution in [1.29, 1.82) is 0 Å².